The van der Waals surface area contributed by atoms with Gasteiger partial charge in [-0.1, -0.05) is 23.6 Å². The summed E-state index contributed by atoms with van der Waals surface area (Å²) in [7, 11) is -0.658. The van der Waals surface area contributed by atoms with Gasteiger partial charge in [0.15, 0.2) is 5.65 Å². The molecule has 3 aromatic rings. The van der Waals surface area contributed by atoms with Gasteiger partial charge < -0.3 is 4.90 Å². The number of rotatable bonds is 2. The highest BCUT2D eigenvalue weighted by atomic mass is 79.9. The van der Waals surface area contributed by atoms with Gasteiger partial charge in [-0.3, -0.25) is 4.79 Å². The summed E-state index contributed by atoms with van der Waals surface area (Å²) in [6.07, 6.45) is 2.92. The molecule has 138 valence electrons. The molecule has 0 atom stereocenters. The first-order valence-electron chi connectivity index (χ1n) is 7.92. The van der Waals surface area contributed by atoms with E-state index in [1.807, 2.05) is 6.92 Å². The minimum atomic E-state index is -3.85. The van der Waals surface area contributed by atoms with Crippen LogP contribution < -0.4 is 0 Å². The number of pyridine rings is 1. The van der Waals surface area contributed by atoms with Gasteiger partial charge in [0.25, 0.3) is 15.9 Å². The van der Waals surface area contributed by atoms with Crippen molar-refractivity contribution in [3.8, 4) is 11.8 Å². The predicted molar refractivity (Wildman–Crippen MR) is 107 cm³/mol. The van der Waals surface area contributed by atoms with Crippen molar-refractivity contribution in [1.82, 2.24) is 13.9 Å². The number of carbonyl (C=O) groups is 1. The Morgan fingerprint density at radius 1 is 1.22 bits per heavy atom. The predicted octanol–water partition coefficient (Wildman–Crippen LogP) is 2.78. The molecule has 0 saturated carbocycles. The average molecular weight is 446 g/mol. The minimum Gasteiger partial charge on any atom is -0.338 e. The van der Waals surface area contributed by atoms with E-state index in [-0.39, 0.29) is 16.4 Å². The van der Waals surface area contributed by atoms with Crippen LogP contribution in [0.4, 0.5) is 0 Å². The van der Waals surface area contributed by atoms with E-state index in [0.717, 1.165) is 9.54 Å². The van der Waals surface area contributed by atoms with Crippen LogP contribution in [0, 0.1) is 18.8 Å². The Kier molecular flexibility index (Phi) is 5.09. The van der Waals surface area contributed by atoms with E-state index < -0.39 is 10.0 Å². The first-order valence-corrected chi connectivity index (χ1v) is 10.2. The van der Waals surface area contributed by atoms with Crippen LogP contribution in [0.3, 0.4) is 0 Å². The van der Waals surface area contributed by atoms with Gasteiger partial charge >= 0.3 is 0 Å². The quantitative estimate of drug-likeness (QED) is 0.568. The Bertz CT molecular complexity index is 1200. The van der Waals surface area contributed by atoms with Crippen LogP contribution in [0.5, 0.6) is 0 Å². The van der Waals surface area contributed by atoms with Crippen LogP contribution >= 0.6 is 15.9 Å². The first kappa shape index (κ1) is 19.1. The molecule has 2 heterocycles. The molecule has 0 spiro atoms. The van der Waals surface area contributed by atoms with Crippen molar-refractivity contribution in [2.75, 3.05) is 14.1 Å². The molecule has 6 nitrogen and oxygen atoms in total. The Balaban J connectivity index is 2.22. The van der Waals surface area contributed by atoms with Gasteiger partial charge in [0.2, 0.25) is 0 Å². The Morgan fingerprint density at radius 2 is 1.89 bits per heavy atom. The lowest BCUT2D eigenvalue weighted by Gasteiger charge is -2.07. The third kappa shape index (κ3) is 3.75. The molecule has 0 unspecified atom stereocenters. The van der Waals surface area contributed by atoms with Gasteiger partial charge in [-0.05, 0) is 41.1 Å². The fourth-order valence-electron chi connectivity index (χ4n) is 2.39. The number of benzene rings is 1. The van der Waals surface area contributed by atoms with Crippen LogP contribution in [0.2, 0.25) is 0 Å². The Labute approximate surface area is 166 Å². The number of fused-ring (bicyclic) bond motifs is 1. The average Bonchev–Trinajstić information content (AvgIpc) is 2.98. The Morgan fingerprint density at radius 3 is 2.52 bits per heavy atom. The van der Waals surface area contributed by atoms with Gasteiger partial charge in [0.1, 0.15) is 0 Å². The number of carbonyl (C=O) groups excluding carboxylic acids is 1. The highest BCUT2D eigenvalue weighted by Crippen LogP contribution is 2.26. The maximum Gasteiger partial charge on any atom is 0.298 e. The molecule has 0 aliphatic carbocycles. The van der Waals surface area contributed by atoms with Crippen LogP contribution in [-0.2, 0) is 14.8 Å². The second-order valence-corrected chi connectivity index (χ2v) is 8.86. The molecule has 0 radical (unpaired) electrons. The fraction of sp³-hybridized carbons (Fsp3) is 0.158. The first-order chi connectivity index (χ1) is 12.7. The number of halogens is 1. The van der Waals surface area contributed by atoms with Gasteiger partial charge in [-0.2, -0.15) is 0 Å². The van der Waals surface area contributed by atoms with Crippen molar-refractivity contribution in [1.29, 1.82) is 0 Å². The van der Waals surface area contributed by atoms with Crippen LogP contribution in [0.15, 0.2) is 52.1 Å². The normalized spacial score (nSPS) is 11.1. The lowest BCUT2D eigenvalue weighted by atomic mass is 10.2. The molecular weight excluding hydrogens is 430 g/mol. The summed E-state index contributed by atoms with van der Waals surface area (Å²) in [6, 6.07) is 8.30. The SMILES string of the molecule is Cc1ccc(S(=O)(=O)n2cc(C#CC(=O)N(C)C)c3cc(Br)cnc32)cc1. The zero-order valence-electron chi connectivity index (χ0n) is 14.9. The summed E-state index contributed by atoms with van der Waals surface area (Å²) in [4.78, 5) is 17.5. The molecule has 0 aliphatic rings. The molecule has 0 N–H and O–H groups in total. The molecule has 0 saturated heterocycles. The molecule has 0 fully saturated rings. The van der Waals surface area contributed by atoms with E-state index in [1.54, 1.807) is 44.4 Å². The highest BCUT2D eigenvalue weighted by Gasteiger charge is 2.22. The van der Waals surface area contributed by atoms with Gasteiger partial charge in [0, 0.05) is 42.3 Å². The van der Waals surface area contributed by atoms with Gasteiger partial charge in [0.05, 0.1) is 10.5 Å². The van der Waals surface area contributed by atoms with E-state index >= 15 is 0 Å². The number of nitrogens with zero attached hydrogens (tertiary/aromatic N) is 3. The molecule has 0 bridgehead atoms. The van der Waals surface area contributed by atoms with E-state index in [9.17, 15) is 13.2 Å². The van der Waals surface area contributed by atoms with Crippen molar-refractivity contribution in [2.45, 2.75) is 11.8 Å². The summed E-state index contributed by atoms with van der Waals surface area (Å²) in [5.41, 5.74) is 1.62. The lowest BCUT2D eigenvalue weighted by Crippen LogP contribution is -2.19. The highest BCUT2D eigenvalue weighted by molar-refractivity contribution is 9.10. The lowest BCUT2D eigenvalue weighted by molar-refractivity contribution is -0.122. The minimum absolute atomic E-state index is 0.151. The summed E-state index contributed by atoms with van der Waals surface area (Å²) in [6.45, 7) is 1.88. The maximum absolute atomic E-state index is 13.1. The van der Waals surface area contributed by atoms with Crippen LogP contribution in [0.1, 0.15) is 11.1 Å². The second-order valence-electron chi connectivity index (χ2n) is 6.13. The van der Waals surface area contributed by atoms with E-state index in [2.05, 4.69) is 32.8 Å². The molecule has 8 heteroatoms. The number of hydrogen-bond donors (Lipinski definition) is 0. The third-order valence-electron chi connectivity index (χ3n) is 3.87. The number of amides is 1. The van der Waals surface area contributed by atoms with E-state index in [0.29, 0.717) is 15.4 Å². The number of aryl methyl sites for hydroxylation is 1. The van der Waals surface area contributed by atoms with Gasteiger partial charge in [-0.15, -0.1) is 0 Å². The van der Waals surface area contributed by atoms with Crippen molar-refractivity contribution in [3.63, 3.8) is 0 Å². The van der Waals surface area contributed by atoms with Gasteiger partial charge in [-0.25, -0.2) is 17.4 Å². The molecule has 2 aromatic heterocycles. The molecule has 3 rings (SSSR count). The monoisotopic (exact) mass is 445 g/mol. The van der Waals surface area contributed by atoms with Crippen molar-refractivity contribution >= 4 is 42.9 Å². The van der Waals surface area contributed by atoms with E-state index in [4.69, 9.17) is 0 Å². The topological polar surface area (TPSA) is 72.3 Å². The van der Waals surface area contributed by atoms with Crippen molar-refractivity contribution < 1.29 is 13.2 Å². The number of hydrogen-bond acceptors (Lipinski definition) is 4. The largest absolute Gasteiger partial charge is 0.338 e. The molecular formula is C19H16BrN3O3S. The summed E-state index contributed by atoms with van der Waals surface area (Å²) in [5, 5.41) is 0.541. The molecule has 0 aliphatic heterocycles. The smallest absolute Gasteiger partial charge is 0.298 e. The van der Waals surface area contributed by atoms with Crippen LogP contribution in [-0.4, -0.2) is 42.3 Å². The molecule has 1 aromatic carbocycles. The zero-order valence-corrected chi connectivity index (χ0v) is 17.3. The maximum atomic E-state index is 13.1. The Hall–Kier alpha value is -2.63. The standard InChI is InChI=1S/C19H16BrN3O3S/c1-13-4-7-16(8-5-13)27(25,26)23-12-14(6-9-18(24)22(2)3)17-10-15(20)11-21-19(17)23/h4-5,7-8,10-12H,1-3H3. The fourth-order valence-corrected chi connectivity index (χ4v) is 4.05. The number of aromatic nitrogens is 2. The zero-order chi connectivity index (χ0) is 19.8. The van der Waals surface area contributed by atoms with Crippen molar-refractivity contribution in [3.05, 3.63) is 58.3 Å². The summed E-state index contributed by atoms with van der Waals surface area (Å²) >= 11 is 3.34. The second kappa shape index (κ2) is 7.18. The third-order valence-corrected chi connectivity index (χ3v) is 5.96. The van der Waals surface area contributed by atoms with Crippen LogP contribution in [0.25, 0.3) is 11.0 Å². The van der Waals surface area contributed by atoms with E-state index in [1.165, 1.54) is 17.3 Å². The molecule has 27 heavy (non-hydrogen) atoms. The van der Waals surface area contributed by atoms with Crippen molar-refractivity contribution in [2.24, 2.45) is 0 Å². The molecule has 1 amide bonds. The summed E-state index contributed by atoms with van der Waals surface area (Å²) < 4.78 is 28.0. The summed E-state index contributed by atoms with van der Waals surface area (Å²) in [5.74, 6) is 4.89.